The summed E-state index contributed by atoms with van der Waals surface area (Å²) in [4.78, 5) is 25.5. The van der Waals surface area contributed by atoms with E-state index < -0.39 is 17.6 Å². The molecular formula is C25H17FN2O5. The summed E-state index contributed by atoms with van der Waals surface area (Å²) in [5.41, 5.74) is 1.82. The number of nitrogens with one attached hydrogen (secondary N) is 2. The monoisotopic (exact) mass is 444 g/mol. The van der Waals surface area contributed by atoms with Crippen LogP contribution in [0, 0.1) is 5.82 Å². The van der Waals surface area contributed by atoms with E-state index in [0.717, 1.165) is 5.56 Å². The van der Waals surface area contributed by atoms with Crippen LogP contribution < -0.4 is 20.1 Å². The van der Waals surface area contributed by atoms with Crippen LogP contribution in [0.3, 0.4) is 0 Å². The normalized spacial score (nSPS) is 12.3. The highest BCUT2D eigenvalue weighted by Gasteiger charge is 2.22. The molecule has 1 aliphatic heterocycles. The number of carbonyl (C=O) groups is 2. The van der Waals surface area contributed by atoms with E-state index in [1.165, 1.54) is 30.3 Å². The molecule has 4 aromatic rings. The van der Waals surface area contributed by atoms with E-state index in [4.69, 9.17) is 13.9 Å². The highest BCUT2D eigenvalue weighted by atomic mass is 19.1. The van der Waals surface area contributed by atoms with Crippen molar-refractivity contribution in [1.82, 2.24) is 0 Å². The number of anilines is 2. The Kier molecular flexibility index (Phi) is 5.24. The van der Waals surface area contributed by atoms with Gasteiger partial charge >= 0.3 is 0 Å². The number of halogens is 1. The van der Waals surface area contributed by atoms with E-state index in [1.807, 2.05) is 0 Å². The lowest BCUT2D eigenvalue weighted by Gasteiger charge is -2.06. The van der Waals surface area contributed by atoms with Gasteiger partial charge in [0.1, 0.15) is 17.1 Å². The molecule has 0 saturated heterocycles. The smallest absolute Gasteiger partial charge is 0.293 e. The minimum absolute atomic E-state index is 0.0645. The van der Waals surface area contributed by atoms with Gasteiger partial charge < -0.3 is 24.5 Å². The van der Waals surface area contributed by atoms with Crippen molar-refractivity contribution in [2.45, 2.75) is 0 Å². The van der Waals surface area contributed by atoms with E-state index >= 15 is 0 Å². The van der Waals surface area contributed by atoms with Crippen molar-refractivity contribution in [3.8, 4) is 11.5 Å². The van der Waals surface area contributed by atoms with Crippen LogP contribution >= 0.6 is 0 Å². The zero-order chi connectivity index (χ0) is 22.8. The first-order chi connectivity index (χ1) is 16.1. The maximum atomic E-state index is 13.2. The number of fused-ring (bicyclic) bond motifs is 2. The Morgan fingerprint density at radius 3 is 2.55 bits per heavy atom. The molecule has 0 saturated carbocycles. The molecule has 1 aromatic heterocycles. The maximum absolute atomic E-state index is 13.2. The average Bonchev–Trinajstić information content (AvgIpc) is 3.44. The van der Waals surface area contributed by atoms with Gasteiger partial charge in [0.15, 0.2) is 11.5 Å². The number of hydrogen-bond donors (Lipinski definition) is 2. The van der Waals surface area contributed by atoms with Crippen LogP contribution in [0.5, 0.6) is 11.5 Å². The van der Waals surface area contributed by atoms with Gasteiger partial charge in [-0.2, -0.15) is 0 Å². The summed E-state index contributed by atoms with van der Waals surface area (Å²) in [6, 6.07) is 17.6. The highest BCUT2D eigenvalue weighted by Crippen LogP contribution is 2.33. The topological polar surface area (TPSA) is 89.8 Å². The lowest BCUT2D eigenvalue weighted by molar-refractivity contribution is -0.111. The molecule has 5 rings (SSSR count). The molecule has 0 atom stereocenters. The van der Waals surface area contributed by atoms with Crippen LogP contribution in [-0.2, 0) is 4.79 Å². The standard InChI is InChI=1S/C25H17FN2O5/c26-16-7-9-17(10-8-16)27-25(30)24-23(18-3-1-2-4-19(18)33-24)28-22(29)12-6-15-5-11-20-21(13-15)32-14-31-20/h1-13H,14H2,(H,27,30)(H,28,29)/b12-6-. The SMILES string of the molecule is O=C(/C=C\c1ccc2c(c1)OCO2)Nc1c(C(=O)Nc2ccc(F)cc2)oc2ccccc12. The molecule has 0 bridgehead atoms. The van der Waals surface area contributed by atoms with Crippen molar-refractivity contribution in [3.05, 3.63) is 89.9 Å². The molecule has 0 fully saturated rings. The summed E-state index contributed by atoms with van der Waals surface area (Å²) < 4.78 is 29.5. The van der Waals surface area contributed by atoms with Gasteiger partial charge in [-0.3, -0.25) is 9.59 Å². The van der Waals surface area contributed by atoms with E-state index in [9.17, 15) is 14.0 Å². The summed E-state index contributed by atoms with van der Waals surface area (Å²) in [6.45, 7) is 0.166. The minimum Gasteiger partial charge on any atom is -0.454 e. The fourth-order valence-corrected chi connectivity index (χ4v) is 3.40. The van der Waals surface area contributed by atoms with Crippen LogP contribution in [0.25, 0.3) is 17.0 Å². The Bertz CT molecular complexity index is 1390. The summed E-state index contributed by atoms with van der Waals surface area (Å²) >= 11 is 0. The molecule has 2 N–H and O–H groups in total. The van der Waals surface area contributed by atoms with Crippen LogP contribution in [0.4, 0.5) is 15.8 Å². The van der Waals surface area contributed by atoms with Gasteiger partial charge in [-0.1, -0.05) is 18.2 Å². The Morgan fingerprint density at radius 1 is 0.909 bits per heavy atom. The zero-order valence-corrected chi connectivity index (χ0v) is 17.1. The number of furan rings is 1. The second-order valence-corrected chi connectivity index (χ2v) is 7.20. The van der Waals surface area contributed by atoms with Gasteiger partial charge in [0, 0.05) is 17.1 Å². The predicted molar refractivity (Wildman–Crippen MR) is 121 cm³/mol. The minimum atomic E-state index is -0.576. The molecule has 33 heavy (non-hydrogen) atoms. The third-order valence-electron chi connectivity index (χ3n) is 4.98. The van der Waals surface area contributed by atoms with Crippen molar-refractivity contribution in [2.24, 2.45) is 0 Å². The third kappa shape index (κ3) is 4.27. The number of rotatable bonds is 5. The second kappa shape index (κ2) is 8.51. The zero-order valence-electron chi connectivity index (χ0n) is 17.1. The summed E-state index contributed by atoms with van der Waals surface area (Å²) in [7, 11) is 0. The molecule has 2 amide bonds. The van der Waals surface area contributed by atoms with Gasteiger partial charge in [0.25, 0.3) is 5.91 Å². The van der Waals surface area contributed by atoms with Crippen molar-refractivity contribution in [2.75, 3.05) is 17.4 Å². The Hall–Kier alpha value is -4.59. The molecule has 8 heteroatoms. The largest absolute Gasteiger partial charge is 0.454 e. The number of hydrogen-bond acceptors (Lipinski definition) is 5. The van der Waals surface area contributed by atoms with E-state index in [1.54, 1.807) is 48.5 Å². The van der Waals surface area contributed by atoms with Crippen molar-refractivity contribution in [1.29, 1.82) is 0 Å². The van der Waals surface area contributed by atoms with Gasteiger partial charge in [-0.25, -0.2) is 4.39 Å². The van der Waals surface area contributed by atoms with E-state index in [2.05, 4.69) is 10.6 Å². The predicted octanol–water partition coefficient (Wildman–Crippen LogP) is 5.20. The summed E-state index contributed by atoms with van der Waals surface area (Å²) in [6.07, 6.45) is 2.97. The average molecular weight is 444 g/mol. The van der Waals surface area contributed by atoms with Crippen LogP contribution in [0.15, 0.2) is 77.2 Å². The first-order valence-corrected chi connectivity index (χ1v) is 10.0. The number of amides is 2. The fourth-order valence-electron chi connectivity index (χ4n) is 3.40. The van der Waals surface area contributed by atoms with Gasteiger partial charge in [0.2, 0.25) is 18.5 Å². The molecule has 164 valence electrons. The molecule has 2 heterocycles. The molecule has 7 nitrogen and oxygen atoms in total. The van der Waals surface area contributed by atoms with Crippen LogP contribution in [-0.4, -0.2) is 18.6 Å². The van der Waals surface area contributed by atoms with E-state index in [-0.39, 0.29) is 18.2 Å². The number of ether oxygens (including phenoxy) is 2. The third-order valence-corrected chi connectivity index (χ3v) is 4.98. The Balaban J connectivity index is 1.39. The first-order valence-electron chi connectivity index (χ1n) is 10.0. The lowest BCUT2D eigenvalue weighted by atomic mass is 10.2. The van der Waals surface area contributed by atoms with Crippen molar-refractivity contribution in [3.63, 3.8) is 0 Å². The number of para-hydroxylation sites is 1. The van der Waals surface area contributed by atoms with Crippen LogP contribution in [0.2, 0.25) is 0 Å². The molecule has 0 unspecified atom stereocenters. The lowest BCUT2D eigenvalue weighted by Crippen LogP contribution is -2.15. The van der Waals surface area contributed by atoms with Gasteiger partial charge in [-0.05, 0) is 60.2 Å². The highest BCUT2D eigenvalue weighted by molar-refractivity contribution is 6.16. The van der Waals surface area contributed by atoms with Crippen molar-refractivity contribution < 1.29 is 27.9 Å². The maximum Gasteiger partial charge on any atom is 0.293 e. The number of carbonyl (C=O) groups excluding carboxylic acids is 2. The fraction of sp³-hybridized carbons (Fsp3) is 0.0400. The van der Waals surface area contributed by atoms with E-state index in [0.29, 0.717) is 28.2 Å². The van der Waals surface area contributed by atoms with Crippen LogP contribution in [0.1, 0.15) is 16.1 Å². The molecule has 0 aliphatic carbocycles. The molecule has 1 aliphatic rings. The van der Waals surface area contributed by atoms with Crippen molar-refractivity contribution >= 4 is 40.2 Å². The summed E-state index contributed by atoms with van der Waals surface area (Å²) in [5, 5.41) is 5.96. The Morgan fingerprint density at radius 2 is 1.70 bits per heavy atom. The molecule has 3 aromatic carbocycles. The molecule has 0 spiro atoms. The number of benzene rings is 3. The molecular weight excluding hydrogens is 427 g/mol. The molecule has 0 radical (unpaired) electrons. The van der Waals surface area contributed by atoms with Gasteiger partial charge in [-0.15, -0.1) is 0 Å². The first kappa shape index (κ1) is 20.3. The Labute approximate surface area is 187 Å². The van der Waals surface area contributed by atoms with Gasteiger partial charge in [0.05, 0.1) is 0 Å². The second-order valence-electron chi connectivity index (χ2n) is 7.20. The summed E-state index contributed by atoms with van der Waals surface area (Å²) in [5.74, 6) is -0.247. The quantitative estimate of drug-likeness (QED) is 0.413.